The molecular weight excluding hydrogens is 244 g/mol. The Bertz CT molecular complexity index is 456. The molecule has 0 saturated carbocycles. The van der Waals surface area contributed by atoms with Crippen molar-refractivity contribution in [1.29, 1.82) is 0 Å². The molecule has 1 heterocycles. The summed E-state index contributed by atoms with van der Waals surface area (Å²) in [7, 11) is 1.75. The van der Waals surface area contributed by atoms with Crippen molar-refractivity contribution in [2.75, 3.05) is 32.5 Å². The number of aromatic hydroxyl groups is 1. The Labute approximate surface area is 113 Å². The predicted octanol–water partition coefficient (Wildman–Crippen LogP) is 1.47. The highest BCUT2D eigenvalue weighted by Crippen LogP contribution is 2.26. The van der Waals surface area contributed by atoms with E-state index in [1.807, 2.05) is 0 Å². The number of ether oxygens (including phenoxy) is 1. The van der Waals surface area contributed by atoms with Crippen molar-refractivity contribution in [3.05, 3.63) is 23.8 Å². The van der Waals surface area contributed by atoms with Crippen LogP contribution in [0, 0.1) is 5.92 Å². The van der Waals surface area contributed by atoms with Gasteiger partial charge in [-0.1, -0.05) is 6.07 Å². The van der Waals surface area contributed by atoms with E-state index in [1.54, 1.807) is 30.1 Å². The van der Waals surface area contributed by atoms with Crippen LogP contribution in [0.5, 0.6) is 5.75 Å². The number of anilines is 1. The van der Waals surface area contributed by atoms with E-state index in [1.165, 1.54) is 0 Å². The van der Waals surface area contributed by atoms with Crippen molar-refractivity contribution >= 4 is 11.6 Å². The maximum absolute atomic E-state index is 12.3. The maximum Gasteiger partial charge on any atom is 0.257 e. The standard InChI is InChI=1S/C14H20N2O3/c1-16(9-10-5-7-19-8-6-10)14(18)11-3-2-4-12(15)13(11)17/h2-4,10,17H,5-9,15H2,1H3. The van der Waals surface area contributed by atoms with E-state index in [2.05, 4.69) is 0 Å². The highest BCUT2D eigenvalue weighted by atomic mass is 16.5. The molecule has 2 rings (SSSR count). The molecule has 1 amide bonds. The van der Waals surface area contributed by atoms with Crippen LogP contribution in [0.4, 0.5) is 5.69 Å². The third-order valence-corrected chi connectivity index (χ3v) is 3.52. The number of carbonyl (C=O) groups excluding carboxylic acids is 1. The van der Waals surface area contributed by atoms with Gasteiger partial charge < -0.3 is 20.5 Å². The van der Waals surface area contributed by atoms with E-state index in [-0.39, 0.29) is 22.9 Å². The molecule has 0 atom stereocenters. The number of hydrogen-bond acceptors (Lipinski definition) is 4. The van der Waals surface area contributed by atoms with Gasteiger partial charge in [0.25, 0.3) is 5.91 Å². The number of phenols is 1. The van der Waals surface area contributed by atoms with Gasteiger partial charge in [0, 0.05) is 26.8 Å². The number of nitrogens with zero attached hydrogens (tertiary/aromatic N) is 1. The Balaban J connectivity index is 2.03. The van der Waals surface area contributed by atoms with Crippen LogP contribution in [0.15, 0.2) is 18.2 Å². The lowest BCUT2D eigenvalue weighted by Crippen LogP contribution is -2.34. The molecule has 0 radical (unpaired) electrons. The topological polar surface area (TPSA) is 75.8 Å². The van der Waals surface area contributed by atoms with E-state index in [0.29, 0.717) is 12.5 Å². The van der Waals surface area contributed by atoms with Crippen LogP contribution in [0.1, 0.15) is 23.2 Å². The molecule has 1 aromatic rings. The monoisotopic (exact) mass is 264 g/mol. The average Bonchev–Trinajstić information content (AvgIpc) is 2.42. The largest absolute Gasteiger partial charge is 0.505 e. The molecule has 1 aliphatic rings. The molecule has 0 unspecified atom stereocenters. The minimum atomic E-state index is -0.198. The van der Waals surface area contributed by atoms with Crippen LogP contribution in [-0.2, 0) is 4.74 Å². The molecule has 19 heavy (non-hydrogen) atoms. The average molecular weight is 264 g/mol. The van der Waals surface area contributed by atoms with Crippen LogP contribution >= 0.6 is 0 Å². The lowest BCUT2D eigenvalue weighted by Gasteiger charge is -2.27. The number of benzene rings is 1. The number of rotatable bonds is 3. The van der Waals surface area contributed by atoms with E-state index >= 15 is 0 Å². The fourth-order valence-electron chi connectivity index (χ4n) is 2.34. The summed E-state index contributed by atoms with van der Waals surface area (Å²) in [5.41, 5.74) is 6.09. The Morgan fingerprint density at radius 1 is 1.47 bits per heavy atom. The first-order chi connectivity index (χ1) is 9.09. The fraction of sp³-hybridized carbons (Fsp3) is 0.500. The number of para-hydroxylation sites is 1. The lowest BCUT2D eigenvalue weighted by atomic mass is 9.99. The van der Waals surface area contributed by atoms with Gasteiger partial charge in [-0.25, -0.2) is 0 Å². The highest BCUT2D eigenvalue weighted by molar-refractivity contribution is 5.98. The smallest absolute Gasteiger partial charge is 0.257 e. The van der Waals surface area contributed by atoms with Crippen molar-refractivity contribution in [1.82, 2.24) is 4.90 Å². The molecule has 1 fully saturated rings. The van der Waals surface area contributed by atoms with E-state index < -0.39 is 0 Å². The normalized spacial score (nSPS) is 16.3. The highest BCUT2D eigenvalue weighted by Gasteiger charge is 2.21. The Morgan fingerprint density at radius 2 is 2.16 bits per heavy atom. The molecule has 0 aromatic heterocycles. The van der Waals surface area contributed by atoms with Gasteiger partial charge in [-0.3, -0.25) is 4.79 Å². The van der Waals surface area contributed by atoms with Crippen molar-refractivity contribution < 1.29 is 14.6 Å². The Morgan fingerprint density at radius 3 is 2.84 bits per heavy atom. The summed E-state index contributed by atoms with van der Waals surface area (Å²) in [4.78, 5) is 13.9. The molecule has 1 aliphatic heterocycles. The molecule has 1 saturated heterocycles. The van der Waals surface area contributed by atoms with Gasteiger partial charge in [-0.05, 0) is 30.9 Å². The van der Waals surface area contributed by atoms with Crippen LogP contribution < -0.4 is 5.73 Å². The summed E-state index contributed by atoms with van der Waals surface area (Å²) in [6, 6.07) is 4.84. The van der Waals surface area contributed by atoms with Gasteiger partial charge in [-0.15, -0.1) is 0 Å². The van der Waals surface area contributed by atoms with Crippen molar-refractivity contribution in [2.45, 2.75) is 12.8 Å². The van der Waals surface area contributed by atoms with Gasteiger partial charge in [0.1, 0.15) is 0 Å². The van der Waals surface area contributed by atoms with Crippen LogP contribution in [-0.4, -0.2) is 42.7 Å². The van der Waals surface area contributed by atoms with E-state index in [4.69, 9.17) is 10.5 Å². The zero-order valence-corrected chi connectivity index (χ0v) is 11.1. The molecule has 0 spiro atoms. The number of amides is 1. The number of phenolic OH excluding ortho intramolecular Hbond substituents is 1. The predicted molar refractivity (Wildman–Crippen MR) is 73.0 cm³/mol. The number of hydrogen-bond donors (Lipinski definition) is 2. The van der Waals surface area contributed by atoms with E-state index in [9.17, 15) is 9.90 Å². The summed E-state index contributed by atoms with van der Waals surface area (Å²) in [6.45, 7) is 2.20. The summed E-state index contributed by atoms with van der Waals surface area (Å²) >= 11 is 0. The second-order valence-corrected chi connectivity index (χ2v) is 4.98. The molecule has 3 N–H and O–H groups in total. The quantitative estimate of drug-likeness (QED) is 0.640. The van der Waals surface area contributed by atoms with E-state index in [0.717, 1.165) is 26.1 Å². The summed E-state index contributed by atoms with van der Waals surface area (Å²) in [5, 5.41) is 9.83. The third-order valence-electron chi connectivity index (χ3n) is 3.52. The first-order valence-electron chi connectivity index (χ1n) is 6.50. The van der Waals surface area contributed by atoms with Gasteiger partial charge in [-0.2, -0.15) is 0 Å². The zero-order chi connectivity index (χ0) is 13.8. The molecular formula is C14H20N2O3. The zero-order valence-electron chi connectivity index (χ0n) is 11.1. The maximum atomic E-state index is 12.3. The SMILES string of the molecule is CN(CC1CCOCC1)C(=O)c1cccc(N)c1O. The molecule has 0 bridgehead atoms. The summed E-state index contributed by atoms with van der Waals surface area (Å²) in [5.74, 6) is 0.133. The summed E-state index contributed by atoms with van der Waals surface area (Å²) in [6.07, 6.45) is 1.95. The first kappa shape index (κ1) is 13.7. The van der Waals surface area contributed by atoms with Crippen LogP contribution in [0.3, 0.4) is 0 Å². The van der Waals surface area contributed by atoms with Crippen LogP contribution in [0.2, 0.25) is 0 Å². The Hall–Kier alpha value is -1.75. The number of nitrogen functional groups attached to an aromatic ring is 1. The minimum absolute atomic E-state index is 0.133. The second-order valence-electron chi connectivity index (χ2n) is 4.98. The Kier molecular flexibility index (Phi) is 4.27. The number of carbonyl (C=O) groups is 1. The van der Waals surface area contributed by atoms with Crippen molar-refractivity contribution in [3.63, 3.8) is 0 Å². The van der Waals surface area contributed by atoms with Gasteiger partial charge >= 0.3 is 0 Å². The van der Waals surface area contributed by atoms with Gasteiger partial charge in [0.2, 0.25) is 0 Å². The number of nitrogens with two attached hydrogens (primary N) is 1. The van der Waals surface area contributed by atoms with Crippen LogP contribution in [0.25, 0.3) is 0 Å². The minimum Gasteiger partial charge on any atom is -0.505 e. The molecule has 104 valence electrons. The molecule has 1 aromatic carbocycles. The first-order valence-corrected chi connectivity index (χ1v) is 6.50. The lowest BCUT2D eigenvalue weighted by molar-refractivity contribution is 0.0496. The second kappa shape index (κ2) is 5.93. The fourth-order valence-corrected chi connectivity index (χ4v) is 2.34. The third kappa shape index (κ3) is 3.17. The van der Waals surface area contributed by atoms with Gasteiger partial charge in [0.05, 0.1) is 11.3 Å². The van der Waals surface area contributed by atoms with Crippen molar-refractivity contribution in [3.8, 4) is 5.75 Å². The van der Waals surface area contributed by atoms with Crippen molar-refractivity contribution in [2.24, 2.45) is 5.92 Å². The molecule has 5 heteroatoms. The molecule has 0 aliphatic carbocycles. The molecule has 5 nitrogen and oxygen atoms in total. The van der Waals surface area contributed by atoms with Gasteiger partial charge in [0.15, 0.2) is 5.75 Å². The summed E-state index contributed by atoms with van der Waals surface area (Å²) < 4.78 is 5.30.